The van der Waals surface area contributed by atoms with E-state index in [1.165, 1.54) is 110 Å². The van der Waals surface area contributed by atoms with E-state index in [0.717, 1.165) is 6.04 Å². The fourth-order valence-electron chi connectivity index (χ4n) is 4.74. The number of unbranched alkanes of at least 4 members (excludes halogenated alkanes) is 8. The van der Waals surface area contributed by atoms with Gasteiger partial charge in [0.2, 0.25) is 0 Å². The molecule has 3 heteroatoms. The van der Waals surface area contributed by atoms with Crippen molar-refractivity contribution in [2.24, 2.45) is 5.41 Å². The van der Waals surface area contributed by atoms with E-state index in [4.69, 9.17) is 0 Å². The molecule has 0 aromatic carbocycles. The van der Waals surface area contributed by atoms with Gasteiger partial charge in [-0.2, -0.15) is 0 Å². The standard InChI is InChI=1S/C21H42N2S/c1-3-5-7-9-11-13-20(14-12-10-8-6-4-2)22-16-15-21(17-22)18-23(24)19-21/h20,24H,3-19H2,1-2H3. The molecule has 2 fully saturated rings. The van der Waals surface area contributed by atoms with E-state index in [1.807, 2.05) is 0 Å². The van der Waals surface area contributed by atoms with Gasteiger partial charge in [-0.3, -0.25) is 9.21 Å². The van der Waals surface area contributed by atoms with Crippen LogP contribution < -0.4 is 0 Å². The molecule has 2 aliphatic heterocycles. The number of likely N-dealkylation sites (tertiary alicyclic amines) is 1. The van der Waals surface area contributed by atoms with Crippen LogP contribution in [0.4, 0.5) is 0 Å². The van der Waals surface area contributed by atoms with Crippen LogP contribution in [0.25, 0.3) is 0 Å². The predicted molar refractivity (Wildman–Crippen MR) is 110 cm³/mol. The van der Waals surface area contributed by atoms with Gasteiger partial charge in [-0.25, -0.2) is 0 Å². The van der Waals surface area contributed by atoms with Gasteiger partial charge in [0, 0.05) is 31.1 Å². The minimum Gasteiger partial charge on any atom is -0.300 e. The monoisotopic (exact) mass is 354 g/mol. The van der Waals surface area contributed by atoms with Gasteiger partial charge in [0.25, 0.3) is 0 Å². The molecular weight excluding hydrogens is 312 g/mol. The van der Waals surface area contributed by atoms with Gasteiger partial charge < -0.3 is 0 Å². The number of hydrogen-bond donors (Lipinski definition) is 1. The Kier molecular flexibility index (Phi) is 9.50. The van der Waals surface area contributed by atoms with E-state index in [0.29, 0.717) is 5.41 Å². The molecule has 1 spiro atoms. The highest BCUT2D eigenvalue weighted by Gasteiger charge is 2.47. The van der Waals surface area contributed by atoms with Gasteiger partial charge in [0.05, 0.1) is 0 Å². The summed E-state index contributed by atoms with van der Waals surface area (Å²) in [5.41, 5.74) is 0.602. The van der Waals surface area contributed by atoms with Crippen LogP contribution in [0.3, 0.4) is 0 Å². The number of thiol groups is 1. The lowest BCUT2D eigenvalue weighted by atomic mass is 9.81. The molecule has 0 aliphatic carbocycles. The van der Waals surface area contributed by atoms with E-state index in [-0.39, 0.29) is 0 Å². The summed E-state index contributed by atoms with van der Waals surface area (Å²) in [6, 6.07) is 0.863. The molecule has 0 aromatic heterocycles. The topological polar surface area (TPSA) is 6.48 Å². The van der Waals surface area contributed by atoms with Gasteiger partial charge in [-0.15, -0.1) is 0 Å². The van der Waals surface area contributed by atoms with E-state index < -0.39 is 0 Å². The Morgan fingerprint density at radius 1 is 0.792 bits per heavy atom. The van der Waals surface area contributed by atoms with Gasteiger partial charge >= 0.3 is 0 Å². The second kappa shape index (κ2) is 11.1. The lowest BCUT2D eigenvalue weighted by Gasteiger charge is -2.45. The maximum atomic E-state index is 4.51. The summed E-state index contributed by atoms with van der Waals surface area (Å²) in [6.45, 7) is 9.74. The van der Waals surface area contributed by atoms with Crippen molar-refractivity contribution >= 4 is 12.8 Å². The molecule has 0 N–H and O–H groups in total. The fourth-order valence-corrected chi connectivity index (χ4v) is 5.34. The Labute approximate surface area is 157 Å². The minimum absolute atomic E-state index is 0.602. The Morgan fingerprint density at radius 3 is 1.83 bits per heavy atom. The zero-order valence-corrected chi connectivity index (χ0v) is 17.3. The molecule has 0 radical (unpaired) electrons. The van der Waals surface area contributed by atoms with Gasteiger partial charge in [0.15, 0.2) is 0 Å². The molecule has 0 atom stereocenters. The fraction of sp³-hybridized carbons (Fsp3) is 1.00. The van der Waals surface area contributed by atoms with Gasteiger partial charge in [-0.05, 0) is 25.8 Å². The first-order valence-electron chi connectivity index (χ1n) is 10.9. The van der Waals surface area contributed by atoms with Crippen molar-refractivity contribution in [3.63, 3.8) is 0 Å². The number of nitrogens with zero attached hydrogens (tertiary/aromatic N) is 2. The van der Waals surface area contributed by atoms with Crippen molar-refractivity contribution in [2.75, 3.05) is 26.2 Å². The largest absolute Gasteiger partial charge is 0.300 e. The molecule has 24 heavy (non-hydrogen) atoms. The molecular formula is C21H42N2S. The highest BCUT2D eigenvalue weighted by molar-refractivity contribution is 7.77. The van der Waals surface area contributed by atoms with E-state index in [2.05, 4.69) is 35.9 Å². The van der Waals surface area contributed by atoms with E-state index in [9.17, 15) is 0 Å². The lowest BCUT2D eigenvalue weighted by Crippen LogP contribution is -2.53. The zero-order valence-electron chi connectivity index (χ0n) is 16.4. The van der Waals surface area contributed by atoms with Crippen molar-refractivity contribution in [2.45, 2.75) is 103 Å². The summed E-state index contributed by atoms with van der Waals surface area (Å²) in [7, 11) is 0. The van der Waals surface area contributed by atoms with Crippen LogP contribution in [-0.2, 0) is 0 Å². The normalized spacial score (nSPS) is 21.0. The second-order valence-corrected chi connectivity index (χ2v) is 9.17. The smallest absolute Gasteiger partial charge is 0.0169 e. The first kappa shape index (κ1) is 20.6. The molecule has 2 rings (SSSR count). The molecule has 0 bridgehead atoms. The predicted octanol–water partition coefficient (Wildman–Crippen LogP) is 5.93. The van der Waals surface area contributed by atoms with Gasteiger partial charge in [-0.1, -0.05) is 90.9 Å². The van der Waals surface area contributed by atoms with Crippen molar-refractivity contribution in [1.29, 1.82) is 0 Å². The third-order valence-corrected chi connectivity index (χ3v) is 6.58. The van der Waals surface area contributed by atoms with Crippen LogP contribution in [0.15, 0.2) is 0 Å². The highest BCUT2D eigenvalue weighted by atomic mass is 32.1. The first-order chi connectivity index (χ1) is 11.7. The van der Waals surface area contributed by atoms with Crippen LogP contribution in [0, 0.1) is 5.41 Å². The van der Waals surface area contributed by atoms with Crippen LogP contribution in [-0.4, -0.2) is 41.4 Å². The van der Waals surface area contributed by atoms with Crippen molar-refractivity contribution in [1.82, 2.24) is 9.21 Å². The molecule has 0 saturated carbocycles. The summed E-state index contributed by atoms with van der Waals surface area (Å²) >= 11 is 4.51. The van der Waals surface area contributed by atoms with Crippen molar-refractivity contribution < 1.29 is 0 Å². The second-order valence-electron chi connectivity index (χ2n) is 8.60. The average molecular weight is 355 g/mol. The maximum Gasteiger partial charge on any atom is 0.0169 e. The minimum atomic E-state index is 0.602. The summed E-state index contributed by atoms with van der Waals surface area (Å²) in [5, 5.41) is 0. The number of rotatable bonds is 13. The molecule has 2 heterocycles. The van der Waals surface area contributed by atoms with Crippen LogP contribution in [0.5, 0.6) is 0 Å². The molecule has 2 saturated heterocycles. The van der Waals surface area contributed by atoms with Crippen molar-refractivity contribution in [3.05, 3.63) is 0 Å². The molecule has 2 nitrogen and oxygen atoms in total. The Hall–Kier alpha value is 0.270. The lowest BCUT2D eigenvalue weighted by molar-refractivity contribution is 0.0783. The van der Waals surface area contributed by atoms with Gasteiger partial charge in [0.1, 0.15) is 0 Å². The molecule has 2 aliphatic rings. The summed E-state index contributed by atoms with van der Waals surface area (Å²) in [4.78, 5) is 2.86. The molecule has 142 valence electrons. The summed E-state index contributed by atoms with van der Waals surface area (Å²) < 4.78 is 2.20. The van der Waals surface area contributed by atoms with Crippen LogP contribution in [0.1, 0.15) is 97.3 Å². The quantitative estimate of drug-likeness (QED) is 0.323. The molecule has 0 aromatic rings. The highest BCUT2D eigenvalue weighted by Crippen LogP contribution is 2.41. The maximum absolute atomic E-state index is 4.51. The Balaban J connectivity index is 1.72. The number of hydrogen-bond acceptors (Lipinski definition) is 3. The van der Waals surface area contributed by atoms with Crippen LogP contribution in [0.2, 0.25) is 0 Å². The Bertz CT molecular complexity index is 314. The first-order valence-corrected chi connectivity index (χ1v) is 11.3. The summed E-state index contributed by atoms with van der Waals surface area (Å²) in [5.74, 6) is 0. The third-order valence-electron chi connectivity index (χ3n) is 6.30. The third kappa shape index (κ3) is 6.53. The Morgan fingerprint density at radius 2 is 1.33 bits per heavy atom. The van der Waals surface area contributed by atoms with E-state index in [1.54, 1.807) is 0 Å². The van der Waals surface area contributed by atoms with Crippen molar-refractivity contribution in [3.8, 4) is 0 Å². The van der Waals surface area contributed by atoms with Crippen LogP contribution >= 0.6 is 12.8 Å². The molecule has 0 unspecified atom stereocenters. The summed E-state index contributed by atoms with van der Waals surface area (Å²) in [6.07, 6.45) is 18.5. The van der Waals surface area contributed by atoms with E-state index >= 15 is 0 Å². The SMILES string of the molecule is CCCCCCCC(CCCCCCC)N1CCC2(CN(S)C2)C1. The zero-order chi connectivity index (χ0) is 17.3. The molecule has 0 amide bonds. The average Bonchev–Trinajstić information content (AvgIpc) is 2.97.